The molecule has 0 aromatic heterocycles. The monoisotopic (exact) mass is 175 g/mol. The number of carbonyl (C=O) groups is 1. The highest BCUT2D eigenvalue weighted by Crippen LogP contribution is 2.15. The van der Waals surface area contributed by atoms with E-state index >= 15 is 0 Å². The fourth-order valence-electron chi connectivity index (χ4n) is 1.01. The van der Waals surface area contributed by atoms with Crippen molar-refractivity contribution in [2.45, 2.75) is 6.92 Å². The molecule has 0 radical (unpaired) electrons. The molecule has 3 heteroatoms. The molecule has 0 amide bonds. The molecule has 1 aromatic rings. The Labute approximate surface area is 76.2 Å². The average molecular weight is 175 g/mol. The van der Waals surface area contributed by atoms with Crippen LogP contribution in [0, 0.1) is 11.8 Å². The van der Waals surface area contributed by atoms with Crippen LogP contribution in [-0.4, -0.2) is 11.1 Å². The van der Waals surface area contributed by atoms with Gasteiger partial charge in [0.2, 0.25) is 0 Å². The van der Waals surface area contributed by atoms with E-state index in [0.717, 1.165) is 0 Å². The minimum absolute atomic E-state index is 0.148. The van der Waals surface area contributed by atoms with Gasteiger partial charge in [0, 0.05) is 5.69 Å². The number of rotatable bonds is 1. The Balaban J connectivity index is 3.39. The fraction of sp³-hybridized carbons (Fsp3) is 0.100. The Hall–Kier alpha value is -1.95. The van der Waals surface area contributed by atoms with Crippen LogP contribution in [-0.2, 0) is 0 Å². The van der Waals surface area contributed by atoms with Crippen LogP contribution in [0.5, 0.6) is 0 Å². The van der Waals surface area contributed by atoms with Crippen molar-refractivity contribution in [3.8, 4) is 11.8 Å². The molecule has 0 aliphatic rings. The average Bonchev–Trinajstić information content (AvgIpc) is 2.08. The second kappa shape index (κ2) is 3.63. The lowest BCUT2D eigenvalue weighted by Gasteiger charge is -2.01. The lowest BCUT2D eigenvalue weighted by Crippen LogP contribution is -2.02. The summed E-state index contributed by atoms with van der Waals surface area (Å²) < 4.78 is 0. The Kier molecular flexibility index (Phi) is 2.56. The molecular formula is C10H9NO2. The van der Waals surface area contributed by atoms with Crippen molar-refractivity contribution in [1.82, 2.24) is 0 Å². The van der Waals surface area contributed by atoms with Gasteiger partial charge in [0.25, 0.3) is 0 Å². The van der Waals surface area contributed by atoms with Crippen molar-refractivity contribution in [1.29, 1.82) is 0 Å². The number of anilines is 1. The second-order valence-electron chi connectivity index (χ2n) is 2.45. The lowest BCUT2D eigenvalue weighted by atomic mass is 10.1. The summed E-state index contributed by atoms with van der Waals surface area (Å²) in [7, 11) is 0. The Morgan fingerprint density at radius 2 is 2.23 bits per heavy atom. The van der Waals surface area contributed by atoms with E-state index in [1.165, 1.54) is 6.07 Å². The molecule has 0 bridgehead atoms. The van der Waals surface area contributed by atoms with Crippen molar-refractivity contribution in [2.75, 3.05) is 5.73 Å². The van der Waals surface area contributed by atoms with Gasteiger partial charge in [0.1, 0.15) is 0 Å². The quantitative estimate of drug-likeness (QED) is 0.500. The van der Waals surface area contributed by atoms with Crippen LogP contribution in [0.4, 0.5) is 5.69 Å². The first-order chi connectivity index (χ1) is 6.16. The van der Waals surface area contributed by atoms with Crippen molar-refractivity contribution in [3.05, 3.63) is 29.3 Å². The normalized spacial score (nSPS) is 8.69. The molecule has 13 heavy (non-hydrogen) atoms. The molecule has 1 rings (SSSR count). The third-order valence-corrected chi connectivity index (χ3v) is 1.58. The molecule has 0 fully saturated rings. The molecule has 3 N–H and O–H groups in total. The number of nitrogen functional groups attached to an aromatic ring is 1. The molecule has 0 spiro atoms. The highest BCUT2D eigenvalue weighted by atomic mass is 16.4. The van der Waals surface area contributed by atoms with Crippen LogP contribution in [0.25, 0.3) is 0 Å². The Morgan fingerprint density at radius 3 is 2.77 bits per heavy atom. The van der Waals surface area contributed by atoms with Gasteiger partial charge in [-0.3, -0.25) is 0 Å². The number of carboxylic acids is 1. The number of carboxylic acid groups (broad SMARTS) is 1. The number of hydrogen-bond donors (Lipinski definition) is 2. The van der Waals surface area contributed by atoms with Crippen molar-refractivity contribution in [2.24, 2.45) is 0 Å². The van der Waals surface area contributed by atoms with Crippen molar-refractivity contribution in [3.63, 3.8) is 0 Å². The number of aromatic carboxylic acids is 1. The summed E-state index contributed by atoms with van der Waals surface area (Å²) in [5, 5.41) is 8.79. The molecule has 0 atom stereocenters. The van der Waals surface area contributed by atoms with E-state index in [1.54, 1.807) is 19.1 Å². The van der Waals surface area contributed by atoms with Crippen LogP contribution >= 0.6 is 0 Å². The van der Waals surface area contributed by atoms with Gasteiger partial charge in [-0.2, -0.15) is 0 Å². The van der Waals surface area contributed by atoms with Crippen LogP contribution < -0.4 is 5.73 Å². The topological polar surface area (TPSA) is 63.3 Å². The van der Waals surface area contributed by atoms with E-state index in [2.05, 4.69) is 11.8 Å². The van der Waals surface area contributed by atoms with E-state index < -0.39 is 5.97 Å². The maximum atomic E-state index is 10.7. The van der Waals surface area contributed by atoms with Gasteiger partial charge in [-0.15, -0.1) is 5.92 Å². The van der Waals surface area contributed by atoms with Gasteiger partial charge >= 0.3 is 5.97 Å². The molecule has 66 valence electrons. The third kappa shape index (κ3) is 1.79. The minimum Gasteiger partial charge on any atom is -0.478 e. The predicted octanol–water partition coefficient (Wildman–Crippen LogP) is 1.34. The van der Waals surface area contributed by atoms with E-state index in [0.29, 0.717) is 11.3 Å². The summed E-state index contributed by atoms with van der Waals surface area (Å²) in [6.07, 6.45) is 0. The molecule has 0 aliphatic heterocycles. The smallest absolute Gasteiger partial charge is 0.337 e. The molecule has 1 aromatic carbocycles. The number of hydrogen-bond acceptors (Lipinski definition) is 2. The summed E-state index contributed by atoms with van der Waals surface area (Å²) in [6.45, 7) is 1.64. The highest BCUT2D eigenvalue weighted by Gasteiger charge is 2.09. The lowest BCUT2D eigenvalue weighted by molar-refractivity contribution is 0.0696. The van der Waals surface area contributed by atoms with Gasteiger partial charge in [0.05, 0.1) is 11.1 Å². The van der Waals surface area contributed by atoms with Crippen molar-refractivity contribution >= 4 is 11.7 Å². The molecular weight excluding hydrogens is 166 g/mol. The van der Waals surface area contributed by atoms with Crippen LogP contribution in [0.1, 0.15) is 22.8 Å². The zero-order valence-corrected chi connectivity index (χ0v) is 7.16. The maximum Gasteiger partial charge on any atom is 0.337 e. The van der Waals surface area contributed by atoms with Crippen LogP contribution in [0.3, 0.4) is 0 Å². The summed E-state index contributed by atoms with van der Waals surface area (Å²) in [5.74, 6) is 4.29. The molecule has 0 saturated heterocycles. The van der Waals surface area contributed by atoms with Gasteiger partial charge in [-0.1, -0.05) is 12.0 Å². The Bertz CT molecular complexity index is 399. The summed E-state index contributed by atoms with van der Waals surface area (Å²) >= 11 is 0. The highest BCUT2D eigenvalue weighted by molar-refractivity contribution is 5.92. The van der Waals surface area contributed by atoms with E-state index in [-0.39, 0.29) is 5.56 Å². The predicted molar refractivity (Wildman–Crippen MR) is 50.4 cm³/mol. The first-order valence-electron chi connectivity index (χ1n) is 3.71. The Morgan fingerprint density at radius 1 is 1.54 bits per heavy atom. The van der Waals surface area contributed by atoms with E-state index in [1.807, 2.05) is 0 Å². The largest absolute Gasteiger partial charge is 0.478 e. The molecule has 0 aliphatic carbocycles. The number of nitrogens with two attached hydrogens (primary N) is 1. The van der Waals surface area contributed by atoms with Crippen LogP contribution in [0.15, 0.2) is 18.2 Å². The van der Waals surface area contributed by atoms with Gasteiger partial charge < -0.3 is 10.8 Å². The van der Waals surface area contributed by atoms with E-state index in [9.17, 15) is 4.79 Å². The molecule has 3 nitrogen and oxygen atoms in total. The summed E-state index contributed by atoms with van der Waals surface area (Å²) in [5.41, 5.74) is 6.51. The molecule has 0 unspecified atom stereocenters. The zero-order valence-electron chi connectivity index (χ0n) is 7.16. The number of benzene rings is 1. The van der Waals surface area contributed by atoms with Crippen LogP contribution in [0.2, 0.25) is 0 Å². The second-order valence-corrected chi connectivity index (χ2v) is 2.45. The maximum absolute atomic E-state index is 10.7. The van der Waals surface area contributed by atoms with Gasteiger partial charge in [-0.05, 0) is 19.1 Å². The molecule has 0 saturated carbocycles. The summed E-state index contributed by atoms with van der Waals surface area (Å²) in [6, 6.07) is 4.71. The third-order valence-electron chi connectivity index (χ3n) is 1.58. The SMILES string of the molecule is CC#Cc1c(N)cccc1C(=O)O. The van der Waals surface area contributed by atoms with Crippen molar-refractivity contribution < 1.29 is 9.90 Å². The first-order valence-corrected chi connectivity index (χ1v) is 3.71. The summed E-state index contributed by atoms with van der Waals surface area (Å²) in [4.78, 5) is 10.7. The fourth-order valence-corrected chi connectivity index (χ4v) is 1.01. The first kappa shape index (κ1) is 9.14. The minimum atomic E-state index is -1.01. The molecule has 0 heterocycles. The standard InChI is InChI=1S/C10H9NO2/c1-2-4-7-8(10(12)13)5-3-6-9(7)11/h3,5-6H,11H2,1H3,(H,12,13). The zero-order chi connectivity index (χ0) is 9.84. The van der Waals surface area contributed by atoms with Gasteiger partial charge in [0.15, 0.2) is 0 Å². The van der Waals surface area contributed by atoms with E-state index in [4.69, 9.17) is 10.8 Å². The van der Waals surface area contributed by atoms with Gasteiger partial charge in [-0.25, -0.2) is 4.79 Å².